The Morgan fingerprint density at radius 3 is 2.67 bits per heavy atom. The highest BCUT2D eigenvalue weighted by molar-refractivity contribution is 7.80. The highest BCUT2D eigenvalue weighted by Gasteiger charge is 2.01. The predicted molar refractivity (Wildman–Crippen MR) is 50.9 cm³/mol. The average Bonchev–Trinajstić information content (AvgIpc) is 2.26. The van der Waals surface area contributed by atoms with Crippen molar-refractivity contribution in [1.82, 2.24) is 14.8 Å². The summed E-state index contributed by atoms with van der Waals surface area (Å²) in [5, 5.41) is 4.17. The SMILES string of the molecule is Cc1nc(C)n(CCC(N)=S)n1. The molecule has 0 spiro atoms. The van der Waals surface area contributed by atoms with Crippen LogP contribution in [0.2, 0.25) is 0 Å². The molecule has 0 fully saturated rings. The number of nitrogens with zero attached hydrogens (tertiary/aromatic N) is 3. The van der Waals surface area contributed by atoms with Gasteiger partial charge in [0.15, 0.2) is 0 Å². The van der Waals surface area contributed by atoms with Gasteiger partial charge in [-0.2, -0.15) is 5.10 Å². The average molecular weight is 184 g/mol. The van der Waals surface area contributed by atoms with E-state index < -0.39 is 0 Å². The van der Waals surface area contributed by atoms with E-state index in [-0.39, 0.29) is 0 Å². The first-order valence-electron chi connectivity index (χ1n) is 3.76. The van der Waals surface area contributed by atoms with Crippen molar-refractivity contribution < 1.29 is 0 Å². The van der Waals surface area contributed by atoms with Gasteiger partial charge in [-0.25, -0.2) is 9.67 Å². The number of hydrogen-bond donors (Lipinski definition) is 1. The Morgan fingerprint density at radius 1 is 1.58 bits per heavy atom. The maximum atomic E-state index is 5.37. The molecule has 1 heterocycles. The first kappa shape index (κ1) is 9.12. The smallest absolute Gasteiger partial charge is 0.147 e. The van der Waals surface area contributed by atoms with Gasteiger partial charge < -0.3 is 5.73 Å². The van der Waals surface area contributed by atoms with E-state index >= 15 is 0 Å². The van der Waals surface area contributed by atoms with Crippen molar-refractivity contribution in [3.05, 3.63) is 11.6 Å². The largest absolute Gasteiger partial charge is 0.393 e. The van der Waals surface area contributed by atoms with Crippen LogP contribution in [0.4, 0.5) is 0 Å². The van der Waals surface area contributed by atoms with Crippen LogP contribution in [0, 0.1) is 13.8 Å². The molecule has 0 unspecified atom stereocenters. The predicted octanol–water partition coefficient (Wildman–Crippen LogP) is 0.571. The van der Waals surface area contributed by atoms with Crippen LogP contribution in [0.1, 0.15) is 18.1 Å². The second-order valence-electron chi connectivity index (χ2n) is 2.65. The fourth-order valence-electron chi connectivity index (χ4n) is 0.989. The van der Waals surface area contributed by atoms with Gasteiger partial charge in [-0.05, 0) is 13.8 Å². The monoisotopic (exact) mass is 184 g/mol. The molecule has 4 nitrogen and oxygen atoms in total. The molecule has 0 atom stereocenters. The van der Waals surface area contributed by atoms with Gasteiger partial charge in [0.05, 0.1) is 4.99 Å². The molecule has 0 amide bonds. The second-order valence-corrected chi connectivity index (χ2v) is 3.17. The van der Waals surface area contributed by atoms with Crippen LogP contribution in [0.3, 0.4) is 0 Å². The van der Waals surface area contributed by atoms with Crippen LogP contribution in [0.25, 0.3) is 0 Å². The van der Waals surface area contributed by atoms with Gasteiger partial charge in [0.25, 0.3) is 0 Å². The Bertz CT molecular complexity index is 292. The van der Waals surface area contributed by atoms with E-state index in [0.717, 1.165) is 18.2 Å². The molecule has 1 rings (SSSR count). The lowest BCUT2D eigenvalue weighted by molar-refractivity contribution is 0.610. The summed E-state index contributed by atoms with van der Waals surface area (Å²) in [7, 11) is 0. The summed E-state index contributed by atoms with van der Waals surface area (Å²) in [6.07, 6.45) is 0.680. The summed E-state index contributed by atoms with van der Waals surface area (Å²) < 4.78 is 1.81. The zero-order valence-electron chi connectivity index (χ0n) is 7.24. The van der Waals surface area contributed by atoms with Crippen molar-refractivity contribution >= 4 is 17.2 Å². The summed E-state index contributed by atoms with van der Waals surface area (Å²) in [5.74, 6) is 1.69. The fourth-order valence-corrected chi connectivity index (χ4v) is 1.08. The van der Waals surface area contributed by atoms with Crippen molar-refractivity contribution in [2.45, 2.75) is 26.8 Å². The Hall–Kier alpha value is -0.970. The molecule has 5 heteroatoms. The molecule has 1 aromatic heterocycles. The molecule has 12 heavy (non-hydrogen) atoms. The van der Waals surface area contributed by atoms with Gasteiger partial charge >= 0.3 is 0 Å². The van der Waals surface area contributed by atoms with E-state index in [1.165, 1.54) is 0 Å². The number of rotatable bonds is 3. The topological polar surface area (TPSA) is 56.7 Å². The molecule has 0 saturated carbocycles. The lowest BCUT2D eigenvalue weighted by Crippen LogP contribution is -2.13. The lowest BCUT2D eigenvalue weighted by atomic mass is 10.4. The number of thiocarbonyl (C=S) groups is 1. The first-order valence-corrected chi connectivity index (χ1v) is 4.17. The molecule has 0 radical (unpaired) electrons. The summed E-state index contributed by atoms with van der Waals surface area (Å²) in [6.45, 7) is 4.51. The minimum atomic E-state index is 0.516. The van der Waals surface area contributed by atoms with Crippen LogP contribution >= 0.6 is 12.2 Å². The van der Waals surface area contributed by atoms with Gasteiger partial charge in [0.2, 0.25) is 0 Å². The molecule has 0 aliphatic rings. The normalized spacial score (nSPS) is 10.2. The highest BCUT2D eigenvalue weighted by Crippen LogP contribution is 1.97. The number of nitrogens with two attached hydrogens (primary N) is 1. The summed E-state index contributed by atoms with van der Waals surface area (Å²) in [4.78, 5) is 4.67. The number of hydrogen-bond acceptors (Lipinski definition) is 3. The van der Waals surface area contributed by atoms with E-state index in [4.69, 9.17) is 18.0 Å². The van der Waals surface area contributed by atoms with E-state index in [0.29, 0.717) is 11.4 Å². The Labute approximate surface area is 76.8 Å². The zero-order chi connectivity index (χ0) is 9.14. The zero-order valence-corrected chi connectivity index (χ0v) is 8.06. The second kappa shape index (κ2) is 3.62. The van der Waals surface area contributed by atoms with Crippen molar-refractivity contribution in [3.63, 3.8) is 0 Å². The molecule has 1 aromatic rings. The third kappa shape index (κ3) is 2.27. The van der Waals surface area contributed by atoms with Gasteiger partial charge in [-0.15, -0.1) is 0 Å². The van der Waals surface area contributed by atoms with E-state index in [1.54, 1.807) is 0 Å². The number of aromatic nitrogens is 3. The highest BCUT2D eigenvalue weighted by atomic mass is 32.1. The molecule has 2 N–H and O–H groups in total. The standard InChI is InChI=1S/C7H12N4S/c1-5-9-6(2)11(10-5)4-3-7(8)12/h3-4H2,1-2H3,(H2,8,12). The van der Waals surface area contributed by atoms with Gasteiger partial charge in [-0.1, -0.05) is 12.2 Å². The van der Waals surface area contributed by atoms with E-state index in [1.807, 2.05) is 18.5 Å². The molecule has 0 saturated heterocycles. The minimum Gasteiger partial charge on any atom is -0.393 e. The molecule has 0 aliphatic carbocycles. The van der Waals surface area contributed by atoms with Gasteiger partial charge in [0.1, 0.15) is 11.6 Å². The van der Waals surface area contributed by atoms with Crippen molar-refractivity contribution in [2.24, 2.45) is 5.73 Å². The quantitative estimate of drug-likeness (QED) is 0.698. The Morgan fingerprint density at radius 2 is 2.25 bits per heavy atom. The van der Waals surface area contributed by atoms with Crippen LogP contribution in [0.15, 0.2) is 0 Å². The van der Waals surface area contributed by atoms with Crippen molar-refractivity contribution in [1.29, 1.82) is 0 Å². The van der Waals surface area contributed by atoms with E-state index in [2.05, 4.69) is 10.1 Å². The third-order valence-electron chi connectivity index (χ3n) is 1.53. The van der Waals surface area contributed by atoms with Crippen molar-refractivity contribution in [2.75, 3.05) is 0 Å². The molecule has 0 bridgehead atoms. The molecule has 66 valence electrons. The van der Waals surface area contributed by atoms with Crippen LogP contribution in [0.5, 0.6) is 0 Å². The maximum absolute atomic E-state index is 5.37. The van der Waals surface area contributed by atoms with Gasteiger partial charge in [0, 0.05) is 13.0 Å². The molecule has 0 aliphatic heterocycles. The van der Waals surface area contributed by atoms with Crippen molar-refractivity contribution in [3.8, 4) is 0 Å². The Balaban J connectivity index is 2.62. The maximum Gasteiger partial charge on any atom is 0.147 e. The molecule has 0 aromatic carbocycles. The van der Waals surface area contributed by atoms with Crippen LogP contribution in [-0.2, 0) is 6.54 Å². The third-order valence-corrected chi connectivity index (χ3v) is 1.74. The first-order chi connectivity index (χ1) is 5.59. The minimum absolute atomic E-state index is 0.516. The summed E-state index contributed by atoms with van der Waals surface area (Å²) in [6, 6.07) is 0. The summed E-state index contributed by atoms with van der Waals surface area (Å²) in [5.41, 5.74) is 5.37. The fraction of sp³-hybridized carbons (Fsp3) is 0.571. The van der Waals surface area contributed by atoms with Crippen LogP contribution < -0.4 is 5.73 Å². The Kier molecular flexibility index (Phi) is 2.75. The molecular formula is C7H12N4S. The summed E-state index contributed by atoms with van der Waals surface area (Å²) >= 11 is 4.76. The molecular weight excluding hydrogens is 172 g/mol. The van der Waals surface area contributed by atoms with Crippen LogP contribution in [-0.4, -0.2) is 19.8 Å². The lowest BCUT2D eigenvalue weighted by Gasteiger charge is -2.00. The van der Waals surface area contributed by atoms with Gasteiger partial charge in [-0.3, -0.25) is 0 Å². The number of aryl methyl sites for hydroxylation is 3. The van der Waals surface area contributed by atoms with E-state index in [9.17, 15) is 0 Å².